The van der Waals surface area contributed by atoms with Gasteiger partial charge in [0.2, 0.25) is 0 Å². The van der Waals surface area contributed by atoms with Gasteiger partial charge in [0, 0.05) is 12.4 Å². The molecule has 2 atom stereocenters. The number of hydrogen-bond donors (Lipinski definition) is 2. The van der Waals surface area contributed by atoms with Gasteiger partial charge < -0.3 is 19.6 Å². The number of carbonyl (C=O) groups excluding carboxylic acids is 1. The van der Waals surface area contributed by atoms with Gasteiger partial charge in [-0.05, 0) is 63.1 Å². The molecule has 0 aliphatic heterocycles. The smallest absolute Gasteiger partial charge is 0.408 e. The Morgan fingerprint density at radius 1 is 1.13 bits per heavy atom. The van der Waals surface area contributed by atoms with E-state index < -0.39 is 29.6 Å². The van der Waals surface area contributed by atoms with Crippen LogP contribution in [0, 0.1) is 17.2 Å². The number of carbonyl (C=O) groups is 2. The molecule has 0 aliphatic carbocycles. The van der Waals surface area contributed by atoms with E-state index in [9.17, 15) is 14.7 Å². The average Bonchev–Trinajstić information content (AvgIpc) is 3.13. The van der Waals surface area contributed by atoms with E-state index in [-0.39, 0.29) is 0 Å². The van der Waals surface area contributed by atoms with Crippen molar-refractivity contribution in [3.63, 3.8) is 0 Å². The highest BCUT2D eigenvalue weighted by Gasteiger charge is 2.30. The van der Waals surface area contributed by atoms with E-state index >= 15 is 0 Å². The Kier molecular flexibility index (Phi) is 5.97. The van der Waals surface area contributed by atoms with E-state index in [0.29, 0.717) is 16.9 Å². The topological polar surface area (TPSA) is 117 Å². The molecule has 0 radical (unpaired) electrons. The number of aliphatic carboxylic acids is 1. The number of carboxylic acids is 1. The molecule has 0 saturated carbocycles. The maximum atomic E-state index is 12.3. The molecule has 0 aliphatic rings. The van der Waals surface area contributed by atoms with Crippen LogP contribution in [-0.2, 0) is 9.53 Å². The molecule has 0 saturated heterocycles. The van der Waals surface area contributed by atoms with Gasteiger partial charge in [-0.2, -0.15) is 5.26 Å². The maximum Gasteiger partial charge on any atom is 0.408 e. The van der Waals surface area contributed by atoms with E-state index in [0.717, 1.165) is 11.1 Å². The zero-order valence-corrected chi connectivity index (χ0v) is 17.8. The summed E-state index contributed by atoms with van der Waals surface area (Å²) in [5.74, 6) is -1.98. The molecule has 8 nitrogen and oxygen atoms in total. The van der Waals surface area contributed by atoms with Crippen molar-refractivity contribution in [1.29, 1.82) is 5.26 Å². The molecule has 3 aromatic rings. The lowest BCUT2D eigenvalue weighted by Gasteiger charge is -2.24. The quantitative estimate of drug-likeness (QED) is 0.640. The van der Waals surface area contributed by atoms with Gasteiger partial charge in [-0.15, -0.1) is 0 Å². The van der Waals surface area contributed by atoms with Crippen molar-refractivity contribution in [2.45, 2.75) is 39.3 Å². The van der Waals surface area contributed by atoms with Crippen LogP contribution >= 0.6 is 0 Å². The number of hydrogen-bond acceptors (Lipinski definition) is 5. The summed E-state index contributed by atoms with van der Waals surface area (Å²) in [6.45, 7) is 6.71. The third-order valence-electron chi connectivity index (χ3n) is 4.70. The zero-order valence-electron chi connectivity index (χ0n) is 17.8. The molecule has 160 valence electrons. The van der Waals surface area contributed by atoms with E-state index in [4.69, 9.17) is 10.00 Å². The number of alkyl carbamates (subject to hydrolysis) is 1. The molecule has 0 unspecified atom stereocenters. The Morgan fingerprint density at radius 2 is 1.77 bits per heavy atom. The summed E-state index contributed by atoms with van der Waals surface area (Å²) in [5.41, 5.74) is 2.73. The van der Waals surface area contributed by atoms with E-state index in [1.807, 2.05) is 30.5 Å². The van der Waals surface area contributed by atoms with Crippen LogP contribution in [0.1, 0.15) is 45.0 Å². The number of amides is 1. The van der Waals surface area contributed by atoms with Crippen molar-refractivity contribution in [3.8, 4) is 17.2 Å². The number of fused-ring (bicyclic) bond motifs is 1. The summed E-state index contributed by atoms with van der Waals surface area (Å²) in [7, 11) is 0. The van der Waals surface area contributed by atoms with Gasteiger partial charge in [-0.25, -0.2) is 9.78 Å². The van der Waals surface area contributed by atoms with E-state index in [1.165, 1.54) is 6.92 Å². The Hall–Kier alpha value is -3.86. The summed E-state index contributed by atoms with van der Waals surface area (Å²) in [4.78, 5) is 28.4. The van der Waals surface area contributed by atoms with Crippen LogP contribution in [0.5, 0.6) is 0 Å². The maximum absolute atomic E-state index is 12.3. The molecule has 3 rings (SSSR count). The summed E-state index contributed by atoms with van der Waals surface area (Å²) in [6, 6.07) is 12.1. The van der Waals surface area contributed by atoms with Crippen LogP contribution in [0.25, 0.3) is 16.8 Å². The van der Waals surface area contributed by atoms with Gasteiger partial charge in [0.25, 0.3) is 0 Å². The monoisotopic (exact) mass is 420 g/mol. The van der Waals surface area contributed by atoms with Crippen molar-refractivity contribution in [2.75, 3.05) is 0 Å². The molecule has 31 heavy (non-hydrogen) atoms. The normalized spacial score (nSPS) is 13.3. The lowest BCUT2D eigenvalue weighted by molar-refractivity contribution is -0.142. The van der Waals surface area contributed by atoms with Crippen molar-refractivity contribution >= 4 is 17.7 Å². The standard InChI is InChI=1S/C23H24N4O4/c1-14(21(28)29)20(26-22(30)31-23(2,3)4)18-13-27-12-17(9-10-19(27)25-18)16-7-5-15(11-24)6-8-16/h5-10,12-14,20H,1-4H3,(H,26,30)(H,28,29)/t14-,20+/m1/s1. The fourth-order valence-electron chi connectivity index (χ4n) is 3.10. The molecule has 2 aromatic heterocycles. The first-order valence-corrected chi connectivity index (χ1v) is 9.79. The zero-order chi connectivity index (χ0) is 22.8. The van der Waals surface area contributed by atoms with Crippen molar-refractivity contribution < 1.29 is 19.4 Å². The SMILES string of the molecule is C[C@@H](C(=O)O)[C@H](NC(=O)OC(C)(C)C)c1cn2cc(-c3ccc(C#N)cc3)ccc2n1. The molecule has 1 amide bonds. The lowest BCUT2D eigenvalue weighted by Crippen LogP contribution is -2.39. The van der Waals surface area contributed by atoms with E-state index in [1.54, 1.807) is 43.5 Å². The number of carboxylic acid groups (broad SMARTS) is 1. The Morgan fingerprint density at radius 3 is 2.35 bits per heavy atom. The number of aromatic nitrogens is 2. The van der Waals surface area contributed by atoms with Crippen LogP contribution in [0.4, 0.5) is 4.79 Å². The molecule has 1 aromatic carbocycles. The van der Waals surface area contributed by atoms with Crippen molar-refractivity contribution in [1.82, 2.24) is 14.7 Å². The second-order valence-electron chi connectivity index (χ2n) is 8.29. The fourth-order valence-corrected chi connectivity index (χ4v) is 3.10. The van der Waals surface area contributed by atoms with Gasteiger partial charge in [0.05, 0.1) is 29.3 Å². The van der Waals surface area contributed by atoms with Gasteiger partial charge in [-0.1, -0.05) is 12.1 Å². The first-order chi connectivity index (χ1) is 14.6. The highest BCUT2D eigenvalue weighted by Crippen LogP contribution is 2.25. The van der Waals surface area contributed by atoms with Gasteiger partial charge in [0.1, 0.15) is 11.2 Å². The van der Waals surface area contributed by atoms with E-state index in [2.05, 4.69) is 16.4 Å². The molecular formula is C23H24N4O4. The van der Waals surface area contributed by atoms with Crippen LogP contribution in [0.15, 0.2) is 48.8 Å². The molecule has 8 heteroatoms. The van der Waals surface area contributed by atoms with Crippen LogP contribution < -0.4 is 5.32 Å². The molecule has 0 spiro atoms. The second-order valence-corrected chi connectivity index (χ2v) is 8.29. The van der Waals surface area contributed by atoms with Crippen LogP contribution in [-0.4, -0.2) is 32.2 Å². The minimum atomic E-state index is -1.06. The minimum absolute atomic E-state index is 0.415. The number of nitriles is 1. The first kappa shape index (κ1) is 21.8. The second kappa shape index (κ2) is 8.48. The van der Waals surface area contributed by atoms with Gasteiger partial charge >= 0.3 is 12.1 Å². The number of benzene rings is 1. The number of nitrogens with one attached hydrogen (secondary N) is 1. The number of ether oxygens (including phenoxy) is 1. The predicted octanol–water partition coefficient (Wildman–Crippen LogP) is 4.16. The third-order valence-corrected chi connectivity index (χ3v) is 4.70. The average molecular weight is 420 g/mol. The summed E-state index contributed by atoms with van der Waals surface area (Å²) in [6.07, 6.45) is 2.86. The van der Waals surface area contributed by atoms with Gasteiger partial charge in [0.15, 0.2) is 0 Å². The summed E-state index contributed by atoms with van der Waals surface area (Å²) >= 11 is 0. The largest absolute Gasteiger partial charge is 0.481 e. The van der Waals surface area contributed by atoms with Crippen LogP contribution in [0.2, 0.25) is 0 Å². The van der Waals surface area contributed by atoms with Crippen molar-refractivity contribution in [2.24, 2.45) is 5.92 Å². The number of nitrogens with zero attached hydrogens (tertiary/aromatic N) is 3. The lowest BCUT2D eigenvalue weighted by atomic mass is 10.00. The summed E-state index contributed by atoms with van der Waals surface area (Å²) in [5, 5.41) is 21.1. The Bertz CT molecular complexity index is 1150. The summed E-state index contributed by atoms with van der Waals surface area (Å²) < 4.78 is 7.07. The number of pyridine rings is 1. The van der Waals surface area contributed by atoms with Crippen molar-refractivity contribution in [3.05, 3.63) is 60.0 Å². The Labute approximate surface area is 180 Å². The molecule has 0 bridgehead atoms. The number of imidazole rings is 1. The molecule has 2 heterocycles. The Balaban J connectivity index is 1.94. The predicted molar refractivity (Wildman–Crippen MR) is 114 cm³/mol. The molecular weight excluding hydrogens is 396 g/mol. The molecule has 0 fully saturated rings. The first-order valence-electron chi connectivity index (χ1n) is 9.79. The highest BCUT2D eigenvalue weighted by atomic mass is 16.6. The van der Waals surface area contributed by atoms with Crippen LogP contribution in [0.3, 0.4) is 0 Å². The van der Waals surface area contributed by atoms with Gasteiger partial charge in [-0.3, -0.25) is 4.79 Å². The molecule has 2 N–H and O–H groups in total. The fraction of sp³-hybridized carbons (Fsp3) is 0.304. The number of rotatable bonds is 5. The minimum Gasteiger partial charge on any atom is -0.481 e. The third kappa shape index (κ3) is 5.20. The highest BCUT2D eigenvalue weighted by molar-refractivity contribution is 5.74.